The summed E-state index contributed by atoms with van der Waals surface area (Å²) in [6.07, 6.45) is 5.42. The normalized spacial score (nSPS) is 13.1. The van der Waals surface area contributed by atoms with Crippen molar-refractivity contribution in [3.8, 4) is 16.9 Å². The van der Waals surface area contributed by atoms with E-state index >= 15 is 0 Å². The second-order valence-electron chi connectivity index (χ2n) is 8.95. The van der Waals surface area contributed by atoms with E-state index in [1.807, 2.05) is 23.7 Å². The van der Waals surface area contributed by atoms with E-state index in [2.05, 4.69) is 71.0 Å². The van der Waals surface area contributed by atoms with Gasteiger partial charge < -0.3 is 10.1 Å². The smallest absolute Gasteiger partial charge is 0.235 e. The Labute approximate surface area is 221 Å². The number of benzene rings is 3. The number of carbonyl (C=O) groups excluding carboxylic acids is 1. The summed E-state index contributed by atoms with van der Waals surface area (Å²) in [5, 5.41) is 5.32. The summed E-state index contributed by atoms with van der Waals surface area (Å²) in [7, 11) is 1.67. The van der Waals surface area contributed by atoms with E-state index in [9.17, 15) is 4.79 Å². The van der Waals surface area contributed by atoms with Crippen LogP contribution in [0.5, 0.6) is 5.75 Å². The monoisotopic (exact) mass is 514 g/mol. The number of nitrogens with one attached hydrogen (secondary N) is 1. The Balaban J connectivity index is 1.35. The predicted octanol–water partition coefficient (Wildman–Crippen LogP) is 6.74. The van der Waals surface area contributed by atoms with E-state index in [1.165, 1.54) is 16.7 Å². The number of amides is 1. The van der Waals surface area contributed by atoms with E-state index < -0.39 is 5.41 Å². The second kappa shape index (κ2) is 11.3. The van der Waals surface area contributed by atoms with Gasteiger partial charge in [-0.3, -0.25) is 4.79 Å². The second-order valence-corrected chi connectivity index (χ2v) is 11.2. The number of methoxy groups -OCH3 is 1. The van der Waals surface area contributed by atoms with Crippen LogP contribution in [-0.4, -0.2) is 30.3 Å². The molecule has 0 unspecified atom stereocenters. The lowest BCUT2D eigenvalue weighted by molar-refractivity contribution is -0.125. The first-order valence-electron chi connectivity index (χ1n) is 12.4. The highest BCUT2D eigenvalue weighted by atomic mass is 32.2. The minimum atomic E-state index is -0.668. The van der Waals surface area contributed by atoms with Gasteiger partial charge in [-0.2, -0.15) is 0 Å². The first-order valence-corrected chi connectivity index (χ1v) is 14.2. The molecule has 1 N–H and O–H groups in total. The molecule has 4 aromatic rings. The number of thiazole rings is 1. The molecule has 4 nitrogen and oxygen atoms in total. The zero-order valence-corrected chi connectivity index (χ0v) is 22.0. The van der Waals surface area contributed by atoms with E-state index in [-0.39, 0.29) is 5.91 Å². The number of thioether (sulfide) groups is 1. The third-order valence-corrected chi connectivity index (χ3v) is 8.94. The molecule has 184 valence electrons. The summed E-state index contributed by atoms with van der Waals surface area (Å²) in [5.74, 6) is 1.95. The van der Waals surface area contributed by atoms with Gasteiger partial charge in [0.25, 0.3) is 0 Å². The standard InChI is InChI=1S/C30H30N2O2S2/c1-34-23-14-12-22(13-15-23)16-18-31-28(33)30(17-6-7-20-35-29-32-19-21-36-29)26-10-4-2-8-24(26)25-9-3-5-11-27(25)30/h2-5,8-15,19,21H,6-7,16-18,20H2,1H3,(H,31,33). The van der Waals surface area contributed by atoms with Crippen LogP contribution in [0.2, 0.25) is 0 Å². The molecule has 36 heavy (non-hydrogen) atoms. The molecule has 1 aliphatic carbocycles. The van der Waals surface area contributed by atoms with Gasteiger partial charge in [0.05, 0.1) is 7.11 Å². The summed E-state index contributed by atoms with van der Waals surface area (Å²) in [6, 6.07) is 24.9. The molecule has 1 amide bonds. The number of aromatic nitrogens is 1. The van der Waals surface area contributed by atoms with Gasteiger partial charge in [-0.05, 0) is 59.2 Å². The van der Waals surface area contributed by atoms with Gasteiger partial charge in [0, 0.05) is 23.9 Å². The van der Waals surface area contributed by atoms with Crippen molar-refractivity contribution in [1.82, 2.24) is 10.3 Å². The molecule has 0 saturated carbocycles. The number of rotatable bonds is 11. The molecular weight excluding hydrogens is 484 g/mol. The molecule has 0 radical (unpaired) electrons. The zero-order valence-electron chi connectivity index (χ0n) is 20.4. The largest absolute Gasteiger partial charge is 0.497 e. The molecule has 0 aliphatic heterocycles. The summed E-state index contributed by atoms with van der Waals surface area (Å²) in [6.45, 7) is 0.594. The number of carbonyl (C=O) groups is 1. The molecule has 6 heteroatoms. The molecule has 1 aromatic heterocycles. The van der Waals surface area contributed by atoms with Crippen molar-refractivity contribution < 1.29 is 9.53 Å². The number of unbranched alkanes of at least 4 members (excludes halogenated alkanes) is 1. The van der Waals surface area contributed by atoms with Crippen LogP contribution in [0.3, 0.4) is 0 Å². The fraction of sp³-hybridized carbons (Fsp3) is 0.267. The van der Waals surface area contributed by atoms with Crippen LogP contribution in [0.25, 0.3) is 11.1 Å². The van der Waals surface area contributed by atoms with Crippen LogP contribution in [0.4, 0.5) is 0 Å². The van der Waals surface area contributed by atoms with Crippen molar-refractivity contribution in [2.45, 2.75) is 35.4 Å². The van der Waals surface area contributed by atoms with Crippen molar-refractivity contribution >= 4 is 29.0 Å². The van der Waals surface area contributed by atoms with Crippen molar-refractivity contribution in [2.75, 3.05) is 19.4 Å². The Morgan fingerprint density at radius 3 is 2.31 bits per heavy atom. The van der Waals surface area contributed by atoms with Crippen molar-refractivity contribution in [3.05, 3.63) is 101 Å². The van der Waals surface area contributed by atoms with E-state index in [0.717, 1.165) is 52.7 Å². The van der Waals surface area contributed by atoms with E-state index in [0.29, 0.717) is 6.54 Å². The molecule has 1 aliphatic rings. The van der Waals surface area contributed by atoms with Crippen LogP contribution >= 0.6 is 23.1 Å². The lowest BCUT2D eigenvalue weighted by atomic mass is 9.73. The summed E-state index contributed by atoms with van der Waals surface area (Å²) >= 11 is 3.48. The third kappa shape index (κ3) is 4.93. The summed E-state index contributed by atoms with van der Waals surface area (Å²) in [4.78, 5) is 18.5. The van der Waals surface area contributed by atoms with Gasteiger partial charge in [0.15, 0.2) is 0 Å². The number of hydrogen-bond acceptors (Lipinski definition) is 5. The number of nitrogens with zero attached hydrogens (tertiary/aromatic N) is 1. The van der Waals surface area contributed by atoms with Gasteiger partial charge in [0.1, 0.15) is 15.5 Å². The van der Waals surface area contributed by atoms with Gasteiger partial charge in [0.2, 0.25) is 5.91 Å². The highest BCUT2D eigenvalue weighted by molar-refractivity contribution is 8.00. The summed E-state index contributed by atoms with van der Waals surface area (Å²) < 4.78 is 6.37. The quantitative estimate of drug-likeness (QED) is 0.178. The Morgan fingerprint density at radius 2 is 1.67 bits per heavy atom. The summed E-state index contributed by atoms with van der Waals surface area (Å²) in [5.41, 5.74) is 5.11. The highest BCUT2D eigenvalue weighted by Crippen LogP contribution is 2.51. The Bertz CT molecular complexity index is 1260. The van der Waals surface area contributed by atoms with Crippen LogP contribution in [0.1, 0.15) is 36.0 Å². The van der Waals surface area contributed by atoms with Gasteiger partial charge in [-0.15, -0.1) is 11.3 Å². The number of fused-ring (bicyclic) bond motifs is 3. The van der Waals surface area contributed by atoms with Crippen LogP contribution in [0.15, 0.2) is 88.7 Å². The van der Waals surface area contributed by atoms with Crippen LogP contribution in [0, 0.1) is 0 Å². The number of ether oxygens (including phenoxy) is 1. The Kier molecular flexibility index (Phi) is 7.73. The molecule has 0 bridgehead atoms. The zero-order chi connectivity index (χ0) is 24.8. The van der Waals surface area contributed by atoms with Crippen molar-refractivity contribution in [1.29, 1.82) is 0 Å². The maximum Gasteiger partial charge on any atom is 0.235 e. The lowest BCUT2D eigenvalue weighted by Crippen LogP contribution is -2.45. The van der Waals surface area contributed by atoms with Crippen LogP contribution < -0.4 is 10.1 Å². The molecule has 0 atom stereocenters. The highest BCUT2D eigenvalue weighted by Gasteiger charge is 2.48. The Hall–Kier alpha value is -3.09. The minimum Gasteiger partial charge on any atom is -0.497 e. The number of hydrogen-bond donors (Lipinski definition) is 1. The maximum atomic E-state index is 14.1. The third-order valence-electron chi connectivity index (χ3n) is 6.89. The van der Waals surface area contributed by atoms with Gasteiger partial charge >= 0.3 is 0 Å². The molecule has 0 fully saturated rings. The fourth-order valence-electron chi connectivity index (χ4n) is 5.15. The molecule has 1 heterocycles. The van der Waals surface area contributed by atoms with E-state index in [1.54, 1.807) is 30.2 Å². The minimum absolute atomic E-state index is 0.0981. The first kappa shape index (κ1) is 24.6. The lowest BCUT2D eigenvalue weighted by Gasteiger charge is -2.31. The fourth-order valence-corrected chi connectivity index (χ4v) is 6.86. The Morgan fingerprint density at radius 1 is 0.972 bits per heavy atom. The van der Waals surface area contributed by atoms with Gasteiger partial charge in [-0.25, -0.2) is 4.98 Å². The molecule has 5 rings (SSSR count). The molecule has 3 aromatic carbocycles. The van der Waals surface area contributed by atoms with E-state index in [4.69, 9.17) is 4.74 Å². The average molecular weight is 515 g/mol. The molecule has 0 saturated heterocycles. The maximum absolute atomic E-state index is 14.1. The van der Waals surface area contributed by atoms with Crippen LogP contribution in [-0.2, 0) is 16.6 Å². The molecular formula is C30H30N2O2S2. The molecule has 0 spiro atoms. The van der Waals surface area contributed by atoms with Crippen molar-refractivity contribution in [2.24, 2.45) is 0 Å². The van der Waals surface area contributed by atoms with Crippen molar-refractivity contribution in [3.63, 3.8) is 0 Å². The van der Waals surface area contributed by atoms with Gasteiger partial charge in [-0.1, -0.05) is 78.8 Å². The predicted molar refractivity (Wildman–Crippen MR) is 149 cm³/mol. The average Bonchev–Trinajstić information content (AvgIpc) is 3.54. The SMILES string of the molecule is COc1ccc(CCNC(=O)C2(CCCCSc3nccs3)c3ccccc3-c3ccccc32)cc1. The first-order chi connectivity index (χ1) is 17.7. The topological polar surface area (TPSA) is 51.2 Å².